The number of aryl methyl sites for hydroxylation is 1. The summed E-state index contributed by atoms with van der Waals surface area (Å²) in [5.41, 5.74) is 2.18. The second-order valence-electron chi connectivity index (χ2n) is 5.21. The summed E-state index contributed by atoms with van der Waals surface area (Å²) in [5.74, 6) is -0.571. The molecule has 0 saturated heterocycles. The molecule has 1 aliphatic rings. The predicted molar refractivity (Wildman–Crippen MR) is 93.9 cm³/mol. The molecule has 4 nitrogen and oxygen atoms in total. The van der Waals surface area contributed by atoms with E-state index in [4.69, 9.17) is 4.74 Å². The van der Waals surface area contributed by atoms with Crippen LogP contribution in [0.3, 0.4) is 0 Å². The van der Waals surface area contributed by atoms with E-state index in [0.717, 1.165) is 29.7 Å². The second-order valence-corrected chi connectivity index (χ2v) is 7.16. The first kappa shape index (κ1) is 16.1. The lowest BCUT2D eigenvalue weighted by atomic mass is 10.1. The van der Waals surface area contributed by atoms with Gasteiger partial charge in [-0.25, -0.2) is 4.79 Å². The van der Waals surface area contributed by atoms with Gasteiger partial charge in [0, 0.05) is 9.77 Å². The Kier molecular flexibility index (Phi) is 4.73. The molecule has 1 aliphatic carbocycles. The average Bonchev–Trinajstić information content (AvgIpc) is 3.14. The fourth-order valence-electron chi connectivity index (χ4n) is 2.81. The Morgan fingerprint density at radius 1 is 1.26 bits per heavy atom. The van der Waals surface area contributed by atoms with Crippen LogP contribution >= 0.6 is 23.1 Å². The number of thioether (sulfide) groups is 1. The van der Waals surface area contributed by atoms with E-state index in [1.807, 2.05) is 24.5 Å². The van der Waals surface area contributed by atoms with Gasteiger partial charge < -0.3 is 10.1 Å². The van der Waals surface area contributed by atoms with Gasteiger partial charge in [0.05, 0.1) is 18.2 Å². The maximum Gasteiger partial charge on any atom is 0.341 e. The van der Waals surface area contributed by atoms with Gasteiger partial charge in [-0.3, -0.25) is 4.79 Å². The molecular formula is C17H17NO3S2. The maximum atomic E-state index is 12.6. The molecule has 0 bridgehead atoms. The molecular weight excluding hydrogens is 330 g/mol. The summed E-state index contributed by atoms with van der Waals surface area (Å²) in [5, 5.41) is 3.51. The van der Waals surface area contributed by atoms with Crippen molar-refractivity contribution in [2.24, 2.45) is 0 Å². The Morgan fingerprint density at radius 2 is 2.04 bits per heavy atom. The van der Waals surface area contributed by atoms with Crippen molar-refractivity contribution in [3.8, 4) is 0 Å². The number of thiophene rings is 1. The molecule has 1 aromatic heterocycles. The number of rotatable bonds is 4. The molecule has 0 atom stereocenters. The largest absolute Gasteiger partial charge is 0.465 e. The van der Waals surface area contributed by atoms with Gasteiger partial charge in [0.15, 0.2) is 0 Å². The van der Waals surface area contributed by atoms with E-state index in [-0.39, 0.29) is 11.9 Å². The number of amides is 1. The molecule has 0 unspecified atom stereocenters. The lowest BCUT2D eigenvalue weighted by Gasteiger charge is -2.09. The lowest BCUT2D eigenvalue weighted by Crippen LogP contribution is -2.15. The normalized spacial score (nSPS) is 12.8. The predicted octanol–water partition coefficient (Wildman–Crippen LogP) is 4.00. The summed E-state index contributed by atoms with van der Waals surface area (Å²) in [6.45, 7) is 0. The highest BCUT2D eigenvalue weighted by Gasteiger charge is 2.28. The first-order valence-corrected chi connectivity index (χ1v) is 9.37. The molecule has 2 aromatic rings. The number of hydrogen-bond donors (Lipinski definition) is 1. The van der Waals surface area contributed by atoms with Crippen molar-refractivity contribution in [2.45, 2.75) is 24.2 Å². The van der Waals surface area contributed by atoms with Gasteiger partial charge in [-0.1, -0.05) is 12.1 Å². The zero-order chi connectivity index (χ0) is 16.4. The number of carbonyl (C=O) groups excluding carboxylic acids is 2. The van der Waals surface area contributed by atoms with Crippen LogP contribution in [0, 0.1) is 0 Å². The first-order valence-electron chi connectivity index (χ1n) is 7.33. The molecule has 0 fully saturated rings. The van der Waals surface area contributed by atoms with Crippen molar-refractivity contribution < 1.29 is 14.3 Å². The molecule has 0 saturated carbocycles. The molecule has 0 aliphatic heterocycles. The van der Waals surface area contributed by atoms with E-state index >= 15 is 0 Å². The van der Waals surface area contributed by atoms with Crippen molar-refractivity contribution in [2.75, 3.05) is 18.7 Å². The van der Waals surface area contributed by atoms with Crippen LogP contribution in [-0.4, -0.2) is 25.2 Å². The summed E-state index contributed by atoms with van der Waals surface area (Å²) < 4.78 is 4.91. The zero-order valence-electron chi connectivity index (χ0n) is 13.0. The Morgan fingerprint density at radius 3 is 2.78 bits per heavy atom. The topological polar surface area (TPSA) is 55.4 Å². The highest BCUT2D eigenvalue weighted by molar-refractivity contribution is 7.98. The smallest absolute Gasteiger partial charge is 0.341 e. The highest BCUT2D eigenvalue weighted by Crippen LogP contribution is 2.39. The highest BCUT2D eigenvalue weighted by atomic mass is 32.2. The fourth-order valence-corrected chi connectivity index (χ4v) is 4.68. The Labute approximate surface area is 143 Å². The Hall–Kier alpha value is -1.79. The van der Waals surface area contributed by atoms with Gasteiger partial charge >= 0.3 is 5.97 Å². The van der Waals surface area contributed by atoms with Gasteiger partial charge in [0.2, 0.25) is 0 Å². The molecule has 23 heavy (non-hydrogen) atoms. The van der Waals surface area contributed by atoms with Crippen LogP contribution in [0.4, 0.5) is 5.00 Å². The Balaban J connectivity index is 1.94. The third kappa shape index (κ3) is 3.01. The average molecular weight is 347 g/mol. The van der Waals surface area contributed by atoms with Crippen LogP contribution in [-0.2, 0) is 17.6 Å². The van der Waals surface area contributed by atoms with Gasteiger partial charge in [-0.05, 0) is 43.2 Å². The molecule has 3 rings (SSSR count). The van der Waals surface area contributed by atoms with Crippen LogP contribution in [0.25, 0.3) is 0 Å². The quantitative estimate of drug-likeness (QED) is 0.671. The number of anilines is 1. The van der Waals surface area contributed by atoms with Crippen LogP contribution in [0.2, 0.25) is 0 Å². The minimum atomic E-state index is -0.377. The number of ether oxygens (including phenoxy) is 1. The van der Waals surface area contributed by atoms with Gasteiger partial charge in [-0.2, -0.15) is 0 Å². The first-order chi connectivity index (χ1) is 11.2. The lowest BCUT2D eigenvalue weighted by molar-refractivity contribution is 0.0601. The van der Waals surface area contributed by atoms with E-state index in [2.05, 4.69) is 5.32 Å². The van der Waals surface area contributed by atoms with Crippen molar-refractivity contribution in [3.63, 3.8) is 0 Å². The minimum absolute atomic E-state index is 0.194. The summed E-state index contributed by atoms with van der Waals surface area (Å²) in [6.07, 6.45) is 4.81. The number of hydrogen-bond acceptors (Lipinski definition) is 5. The van der Waals surface area contributed by atoms with Crippen molar-refractivity contribution >= 4 is 40.0 Å². The van der Waals surface area contributed by atoms with Crippen LogP contribution in [0.5, 0.6) is 0 Å². The van der Waals surface area contributed by atoms with Crippen LogP contribution < -0.4 is 5.32 Å². The zero-order valence-corrected chi connectivity index (χ0v) is 14.6. The summed E-state index contributed by atoms with van der Waals surface area (Å²) in [6, 6.07) is 7.45. The molecule has 120 valence electrons. The van der Waals surface area contributed by atoms with Gasteiger partial charge in [0.25, 0.3) is 5.91 Å². The number of nitrogens with one attached hydrogen (secondary N) is 1. The van der Waals surface area contributed by atoms with E-state index in [1.54, 1.807) is 6.07 Å². The van der Waals surface area contributed by atoms with Crippen molar-refractivity contribution in [1.29, 1.82) is 0 Å². The monoisotopic (exact) mass is 347 g/mol. The fraction of sp³-hybridized carbons (Fsp3) is 0.294. The molecule has 6 heteroatoms. The molecule has 1 heterocycles. The molecule has 0 spiro atoms. The van der Waals surface area contributed by atoms with Crippen molar-refractivity contribution in [1.82, 2.24) is 0 Å². The third-order valence-electron chi connectivity index (χ3n) is 3.89. The third-order valence-corrected chi connectivity index (χ3v) is 5.89. The molecule has 1 amide bonds. The van der Waals surface area contributed by atoms with Gasteiger partial charge in [-0.15, -0.1) is 23.1 Å². The summed E-state index contributed by atoms with van der Waals surface area (Å²) in [4.78, 5) is 26.8. The van der Waals surface area contributed by atoms with E-state index in [0.29, 0.717) is 16.1 Å². The summed E-state index contributed by atoms with van der Waals surface area (Å²) >= 11 is 3.01. The molecule has 1 aromatic carbocycles. The van der Waals surface area contributed by atoms with Crippen molar-refractivity contribution in [3.05, 3.63) is 45.8 Å². The van der Waals surface area contributed by atoms with E-state index < -0.39 is 0 Å². The molecule has 1 N–H and O–H groups in total. The van der Waals surface area contributed by atoms with Gasteiger partial charge in [0.1, 0.15) is 5.00 Å². The summed E-state index contributed by atoms with van der Waals surface area (Å²) in [7, 11) is 1.37. The van der Waals surface area contributed by atoms with Crippen LogP contribution in [0.1, 0.15) is 37.6 Å². The van der Waals surface area contributed by atoms with Crippen LogP contribution in [0.15, 0.2) is 29.2 Å². The Bertz CT molecular complexity index is 767. The maximum absolute atomic E-state index is 12.6. The SMILES string of the molecule is COC(=O)c1c(NC(=O)c2ccccc2SC)sc2c1CCC2. The minimum Gasteiger partial charge on any atom is -0.465 e. The number of fused-ring (bicyclic) bond motifs is 1. The molecule has 0 radical (unpaired) electrons. The van der Waals surface area contributed by atoms with E-state index in [1.165, 1.54) is 35.1 Å². The second kappa shape index (κ2) is 6.76. The number of carbonyl (C=O) groups is 2. The number of methoxy groups -OCH3 is 1. The number of esters is 1. The standard InChI is InChI=1S/C17H17NO3S2/c1-21-17(20)14-10-7-5-9-13(10)23-16(14)18-15(19)11-6-3-4-8-12(11)22-2/h3-4,6,8H,5,7,9H2,1-2H3,(H,18,19). The number of benzene rings is 1. The van der Waals surface area contributed by atoms with E-state index in [9.17, 15) is 9.59 Å².